The first kappa shape index (κ1) is 14.1. The molecule has 0 bridgehead atoms. The van der Waals surface area contributed by atoms with Crippen molar-refractivity contribution in [2.24, 2.45) is 5.41 Å². The Kier molecular flexibility index (Phi) is 3.68. The Morgan fingerprint density at radius 2 is 2.24 bits per heavy atom. The summed E-state index contributed by atoms with van der Waals surface area (Å²) in [5.74, 6) is -0.638. The Bertz CT molecular complexity index is 642. The van der Waals surface area contributed by atoms with Gasteiger partial charge in [-0.05, 0) is 50.0 Å². The van der Waals surface area contributed by atoms with Crippen LogP contribution >= 0.6 is 0 Å². The number of carboxylic acids is 1. The minimum atomic E-state index is -0.638. The lowest BCUT2D eigenvalue weighted by atomic mass is 9.76. The first-order valence-corrected chi connectivity index (χ1v) is 7.51. The van der Waals surface area contributed by atoms with Crippen LogP contribution in [0.1, 0.15) is 31.7 Å². The van der Waals surface area contributed by atoms with Crippen LogP contribution in [0.4, 0.5) is 0 Å². The molecule has 0 unspecified atom stereocenters. The number of piperidine rings is 1. The molecule has 0 aromatic carbocycles. The Balaban J connectivity index is 1.69. The number of carboxylic acid groups (broad SMARTS) is 1. The molecule has 1 aliphatic heterocycles. The van der Waals surface area contributed by atoms with Gasteiger partial charge in [0, 0.05) is 24.3 Å². The summed E-state index contributed by atoms with van der Waals surface area (Å²) in [4.78, 5) is 21.3. The number of aromatic amines is 1. The second-order valence-electron chi connectivity index (χ2n) is 5.93. The van der Waals surface area contributed by atoms with E-state index in [1.54, 1.807) is 6.20 Å². The maximum atomic E-state index is 11.5. The van der Waals surface area contributed by atoms with Gasteiger partial charge < -0.3 is 10.1 Å². The average molecular weight is 287 g/mol. The van der Waals surface area contributed by atoms with Crippen molar-refractivity contribution in [3.05, 3.63) is 30.1 Å². The number of aromatic nitrogens is 2. The van der Waals surface area contributed by atoms with Gasteiger partial charge in [-0.2, -0.15) is 0 Å². The summed E-state index contributed by atoms with van der Waals surface area (Å²) in [6.07, 6.45) is 5.98. The number of carbonyl (C=O) groups is 1. The van der Waals surface area contributed by atoms with Gasteiger partial charge in [0.25, 0.3) is 0 Å². The molecule has 2 N–H and O–H groups in total. The molecule has 0 radical (unpaired) electrons. The summed E-state index contributed by atoms with van der Waals surface area (Å²) in [5, 5.41) is 10.6. The molecule has 0 amide bonds. The lowest BCUT2D eigenvalue weighted by molar-refractivity contribution is -0.152. The van der Waals surface area contributed by atoms with E-state index in [0.29, 0.717) is 6.42 Å². The topological polar surface area (TPSA) is 69.2 Å². The van der Waals surface area contributed by atoms with Crippen molar-refractivity contribution in [2.75, 3.05) is 13.1 Å². The molecule has 0 atom stereocenters. The third kappa shape index (κ3) is 2.53. The first-order chi connectivity index (χ1) is 10.1. The van der Waals surface area contributed by atoms with Gasteiger partial charge in [-0.15, -0.1) is 0 Å². The van der Waals surface area contributed by atoms with E-state index in [2.05, 4.69) is 20.9 Å². The summed E-state index contributed by atoms with van der Waals surface area (Å²) in [6.45, 7) is 4.51. The molecule has 2 aromatic rings. The fraction of sp³-hybridized carbons (Fsp3) is 0.500. The van der Waals surface area contributed by atoms with Crippen LogP contribution < -0.4 is 0 Å². The van der Waals surface area contributed by atoms with Crippen LogP contribution in [0.2, 0.25) is 0 Å². The first-order valence-electron chi connectivity index (χ1n) is 7.51. The Labute approximate surface area is 124 Å². The zero-order valence-electron chi connectivity index (χ0n) is 12.3. The predicted octanol–water partition coefficient (Wildman–Crippen LogP) is 2.64. The van der Waals surface area contributed by atoms with Gasteiger partial charge in [0.1, 0.15) is 5.65 Å². The van der Waals surface area contributed by atoms with E-state index < -0.39 is 11.4 Å². The standard InChI is InChI=1S/C16H21N3O2/c1-2-16(15(20)21)5-8-19(9-6-16)11-12-10-18-14-13(12)4-3-7-17-14/h3-4,7,10H,2,5-6,8-9,11H2,1H3,(H,17,18)(H,20,21). The van der Waals surface area contributed by atoms with Gasteiger partial charge >= 0.3 is 5.97 Å². The molecule has 21 heavy (non-hydrogen) atoms. The highest BCUT2D eigenvalue weighted by Gasteiger charge is 2.39. The van der Waals surface area contributed by atoms with E-state index in [9.17, 15) is 9.90 Å². The molecule has 112 valence electrons. The van der Waals surface area contributed by atoms with E-state index in [-0.39, 0.29) is 0 Å². The number of nitrogens with one attached hydrogen (secondary N) is 1. The highest BCUT2D eigenvalue weighted by atomic mass is 16.4. The quantitative estimate of drug-likeness (QED) is 0.907. The van der Waals surface area contributed by atoms with Crippen molar-refractivity contribution >= 4 is 17.0 Å². The molecule has 5 heteroatoms. The maximum absolute atomic E-state index is 11.5. The lowest BCUT2D eigenvalue weighted by Crippen LogP contribution is -2.43. The number of hydrogen-bond donors (Lipinski definition) is 2. The monoisotopic (exact) mass is 287 g/mol. The smallest absolute Gasteiger partial charge is 0.309 e. The van der Waals surface area contributed by atoms with Crippen molar-refractivity contribution < 1.29 is 9.90 Å². The van der Waals surface area contributed by atoms with Crippen LogP contribution in [0.15, 0.2) is 24.5 Å². The SMILES string of the molecule is CCC1(C(=O)O)CCN(Cc2c[nH]c3ncccc23)CC1. The van der Waals surface area contributed by atoms with E-state index in [0.717, 1.165) is 43.5 Å². The zero-order chi connectivity index (χ0) is 14.9. The Morgan fingerprint density at radius 3 is 2.90 bits per heavy atom. The van der Waals surface area contributed by atoms with Crippen LogP contribution in [-0.4, -0.2) is 39.0 Å². The van der Waals surface area contributed by atoms with Crippen molar-refractivity contribution in [3.8, 4) is 0 Å². The van der Waals surface area contributed by atoms with Gasteiger partial charge in [-0.1, -0.05) is 6.92 Å². The number of likely N-dealkylation sites (tertiary alicyclic amines) is 1. The summed E-state index contributed by atoms with van der Waals surface area (Å²) < 4.78 is 0. The van der Waals surface area contributed by atoms with E-state index in [1.807, 2.05) is 19.2 Å². The van der Waals surface area contributed by atoms with Crippen LogP contribution in [0.5, 0.6) is 0 Å². The number of nitrogens with zero attached hydrogens (tertiary/aromatic N) is 2. The molecule has 3 rings (SSSR count). The molecule has 1 fully saturated rings. The third-order valence-electron chi connectivity index (χ3n) is 4.87. The van der Waals surface area contributed by atoms with Crippen molar-refractivity contribution in [2.45, 2.75) is 32.7 Å². The predicted molar refractivity (Wildman–Crippen MR) is 81.0 cm³/mol. The molecular weight excluding hydrogens is 266 g/mol. The number of hydrogen-bond acceptors (Lipinski definition) is 3. The summed E-state index contributed by atoms with van der Waals surface area (Å²) in [5.41, 5.74) is 1.63. The second kappa shape index (κ2) is 5.48. The third-order valence-corrected chi connectivity index (χ3v) is 4.87. The van der Waals surface area contributed by atoms with Gasteiger partial charge in [-0.25, -0.2) is 4.98 Å². The molecule has 0 aliphatic carbocycles. The maximum Gasteiger partial charge on any atom is 0.309 e. The summed E-state index contributed by atoms with van der Waals surface area (Å²) in [7, 11) is 0. The molecule has 0 spiro atoms. The number of pyridine rings is 1. The van der Waals surface area contributed by atoms with E-state index in [1.165, 1.54) is 5.56 Å². The number of rotatable bonds is 4. The molecule has 1 saturated heterocycles. The highest BCUT2D eigenvalue weighted by Crippen LogP contribution is 2.35. The van der Waals surface area contributed by atoms with Gasteiger partial charge in [0.05, 0.1) is 5.41 Å². The van der Waals surface area contributed by atoms with Gasteiger partial charge in [0.15, 0.2) is 0 Å². The van der Waals surface area contributed by atoms with Gasteiger partial charge in [-0.3, -0.25) is 9.69 Å². The zero-order valence-corrected chi connectivity index (χ0v) is 12.3. The highest BCUT2D eigenvalue weighted by molar-refractivity contribution is 5.79. The van der Waals surface area contributed by atoms with Crippen molar-refractivity contribution in [1.29, 1.82) is 0 Å². The van der Waals surface area contributed by atoms with Crippen LogP contribution in [0, 0.1) is 5.41 Å². The largest absolute Gasteiger partial charge is 0.481 e. The van der Waals surface area contributed by atoms with Gasteiger partial charge in [0.2, 0.25) is 0 Å². The van der Waals surface area contributed by atoms with Crippen LogP contribution in [0.25, 0.3) is 11.0 Å². The normalized spacial score (nSPS) is 18.9. The summed E-state index contributed by atoms with van der Waals surface area (Å²) >= 11 is 0. The van der Waals surface area contributed by atoms with Crippen LogP contribution in [0.3, 0.4) is 0 Å². The number of aliphatic carboxylic acids is 1. The second-order valence-corrected chi connectivity index (χ2v) is 5.93. The molecule has 2 aromatic heterocycles. The summed E-state index contributed by atoms with van der Waals surface area (Å²) in [6, 6.07) is 4.02. The lowest BCUT2D eigenvalue weighted by Gasteiger charge is -2.38. The molecule has 5 nitrogen and oxygen atoms in total. The van der Waals surface area contributed by atoms with Crippen molar-refractivity contribution in [3.63, 3.8) is 0 Å². The molecule has 0 saturated carbocycles. The Hall–Kier alpha value is -1.88. The van der Waals surface area contributed by atoms with Crippen molar-refractivity contribution in [1.82, 2.24) is 14.9 Å². The number of fused-ring (bicyclic) bond motifs is 1. The fourth-order valence-corrected chi connectivity index (χ4v) is 3.24. The number of H-pyrrole nitrogens is 1. The van der Waals surface area contributed by atoms with E-state index >= 15 is 0 Å². The molecular formula is C16H21N3O2. The molecule has 3 heterocycles. The minimum absolute atomic E-state index is 0.516. The van der Waals surface area contributed by atoms with Crippen LogP contribution in [-0.2, 0) is 11.3 Å². The fourth-order valence-electron chi connectivity index (χ4n) is 3.24. The molecule has 1 aliphatic rings. The average Bonchev–Trinajstić information content (AvgIpc) is 2.91. The minimum Gasteiger partial charge on any atom is -0.481 e. The Morgan fingerprint density at radius 1 is 1.48 bits per heavy atom. The van der Waals surface area contributed by atoms with E-state index in [4.69, 9.17) is 0 Å².